The second-order valence-electron chi connectivity index (χ2n) is 8.33. The van der Waals surface area contributed by atoms with Gasteiger partial charge in [0.05, 0.1) is 6.61 Å². The molecule has 1 aromatic rings. The lowest BCUT2D eigenvalue weighted by atomic mass is 9.83. The smallest absolute Gasteiger partial charge is 0.207 e. The number of rotatable bonds is 6. The molecule has 1 aliphatic carbocycles. The maximum atomic E-state index is 10.6. The monoisotopic (exact) mass is 356 g/mol. The van der Waals surface area contributed by atoms with Crippen LogP contribution in [0.4, 0.5) is 0 Å². The molecule has 1 N–H and O–H groups in total. The Labute approximate surface area is 157 Å². The zero-order chi connectivity index (χ0) is 17.8. The summed E-state index contributed by atoms with van der Waals surface area (Å²) in [6.07, 6.45) is 10.7. The number of nitrogens with one attached hydrogen (secondary N) is 1. The number of benzene rings is 1. The summed E-state index contributed by atoms with van der Waals surface area (Å²) in [6.45, 7) is 4.57. The number of carbonyl (C=O) groups is 1. The van der Waals surface area contributed by atoms with Gasteiger partial charge in [0.25, 0.3) is 0 Å². The van der Waals surface area contributed by atoms with E-state index < -0.39 is 0 Å². The van der Waals surface area contributed by atoms with Crippen LogP contribution in [0.1, 0.15) is 62.0 Å². The summed E-state index contributed by atoms with van der Waals surface area (Å²) in [5.74, 6) is 2.70. The Kier molecular flexibility index (Phi) is 5.78. The third-order valence-corrected chi connectivity index (χ3v) is 6.81. The van der Waals surface area contributed by atoms with Crippen LogP contribution in [-0.4, -0.2) is 43.6 Å². The molecule has 26 heavy (non-hydrogen) atoms. The summed E-state index contributed by atoms with van der Waals surface area (Å²) in [4.78, 5) is 13.2. The molecular formula is C22H32N2O2. The number of hydrogen-bond acceptors (Lipinski definition) is 3. The molecule has 2 fully saturated rings. The Hall–Kier alpha value is -1.55. The highest BCUT2D eigenvalue weighted by atomic mass is 16.5. The zero-order valence-electron chi connectivity index (χ0n) is 15.8. The van der Waals surface area contributed by atoms with Gasteiger partial charge in [-0.1, -0.05) is 12.1 Å². The molecule has 4 heteroatoms. The minimum absolute atomic E-state index is 0.427. The van der Waals surface area contributed by atoms with Gasteiger partial charge in [0.15, 0.2) is 0 Å². The number of amides is 1. The first-order valence-electron chi connectivity index (χ1n) is 10.5. The molecule has 0 unspecified atom stereocenters. The first-order chi connectivity index (χ1) is 12.8. The molecule has 2 aliphatic heterocycles. The summed E-state index contributed by atoms with van der Waals surface area (Å²) in [5.41, 5.74) is 3.03. The van der Waals surface area contributed by atoms with Crippen molar-refractivity contribution < 1.29 is 9.53 Å². The van der Waals surface area contributed by atoms with E-state index in [0.717, 1.165) is 43.9 Å². The van der Waals surface area contributed by atoms with Gasteiger partial charge in [0, 0.05) is 18.0 Å². The molecule has 142 valence electrons. The van der Waals surface area contributed by atoms with E-state index in [9.17, 15) is 4.79 Å². The fourth-order valence-electron chi connectivity index (χ4n) is 5.18. The van der Waals surface area contributed by atoms with Crippen molar-refractivity contribution in [3.8, 4) is 5.75 Å². The van der Waals surface area contributed by atoms with E-state index >= 15 is 0 Å². The van der Waals surface area contributed by atoms with E-state index in [4.69, 9.17) is 4.74 Å². The van der Waals surface area contributed by atoms with Crippen molar-refractivity contribution in [2.75, 3.05) is 26.2 Å². The summed E-state index contributed by atoms with van der Waals surface area (Å²) < 4.78 is 5.75. The second kappa shape index (κ2) is 8.43. The topological polar surface area (TPSA) is 41.6 Å². The van der Waals surface area contributed by atoms with Crippen molar-refractivity contribution >= 4 is 6.41 Å². The van der Waals surface area contributed by atoms with Gasteiger partial charge in [-0.3, -0.25) is 4.79 Å². The van der Waals surface area contributed by atoms with Crippen LogP contribution in [0.25, 0.3) is 0 Å². The fourth-order valence-corrected chi connectivity index (χ4v) is 5.18. The Bertz CT molecular complexity index is 602. The molecule has 0 atom stereocenters. The van der Waals surface area contributed by atoms with Gasteiger partial charge in [0.2, 0.25) is 6.41 Å². The van der Waals surface area contributed by atoms with Crippen molar-refractivity contribution in [1.29, 1.82) is 0 Å². The Morgan fingerprint density at radius 2 is 1.92 bits per heavy atom. The molecule has 0 radical (unpaired) electrons. The van der Waals surface area contributed by atoms with E-state index in [-0.39, 0.29) is 0 Å². The Balaban J connectivity index is 1.21. The molecule has 1 amide bonds. The van der Waals surface area contributed by atoms with Gasteiger partial charge < -0.3 is 15.0 Å². The van der Waals surface area contributed by atoms with Crippen LogP contribution >= 0.6 is 0 Å². The van der Waals surface area contributed by atoms with Crippen molar-refractivity contribution in [1.82, 2.24) is 10.2 Å². The van der Waals surface area contributed by atoms with Gasteiger partial charge in [-0.05, 0) is 88.0 Å². The number of fused-ring (bicyclic) bond motifs is 1. The lowest BCUT2D eigenvalue weighted by Gasteiger charge is -2.34. The quantitative estimate of drug-likeness (QED) is 0.793. The molecule has 0 aromatic heterocycles. The van der Waals surface area contributed by atoms with Gasteiger partial charge in [-0.25, -0.2) is 0 Å². The predicted octanol–water partition coefficient (Wildman–Crippen LogP) is 3.50. The van der Waals surface area contributed by atoms with Gasteiger partial charge >= 0.3 is 0 Å². The molecule has 1 saturated carbocycles. The second-order valence-corrected chi connectivity index (χ2v) is 8.33. The standard InChI is InChI=1S/C22H32N2O2/c25-16-23-19-6-4-17(5-7-19)8-12-24-13-9-18(10-14-24)20-2-1-3-22-21(20)11-15-26-22/h1-3,16-19H,4-15H2,(H,23,25)/t17-,19-. The van der Waals surface area contributed by atoms with Crippen LogP contribution < -0.4 is 10.1 Å². The normalized spacial score (nSPS) is 26.9. The van der Waals surface area contributed by atoms with Crippen LogP contribution in [0, 0.1) is 5.92 Å². The third-order valence-electron chi connectivity index (χ3n) is 6.81. The summed E-state index contributed by atoms with van der Waals surface area (Å²) in [6, 6.07) is 7.05. The molecule has 4 rings (SSSR count). The minimum Gasteiger partial charge on any atom is -0.493 e. The molecule has 0 spiro atoms. The van der Waals surface area contributed by atoms with E-state index in [1.54, 1.807) is 5.56 Å². The van der Waals surface area contributed by atoms with Crippen LogP contribution in [0.15, 0.2) is 18.2 Å². The number of ether oxygens (including phenoxy) is 1. The molecular weight excluding hydrogens is 324 g/mol. The number of piperidine rings is 1. The molecule has 1 aromatic carbocycles. The van der Waals surface area contributed by atoms with Crippen molar-refractivity contribution in [3.05, 3.63) is 29.3 Å². The highest BCUT2D eigenvalue weighted by Gasteiger charge is 2.26. The third kappa shape index (κ3) is 4.06. The summed E-state index contributed by atoms with van der Waals surface area (Å²) in [7, 11) is 0. The molecule has 0 bridgehead atoms. The average molecular weight is 357 g/mol. The first-order valence-corrected chi connectivity index (χ1v) is 10.5. The number of hydrogen-bond donors (Lipinski definition) is 1. The molecule has 2 heterocycles. The zero-order valence-corrected chi connectivity index (χ0v) is 15.8. The summed E-state index contributed by atoms with van der Waals surface area (Å²) >= 11 is 0. The van der Waals surface area contributed by atoms with E-state index in [0.29, 0.717) is 12.0 Å². The fraction of sp³-hybridized carbons (Fsp3) is 0.682. The lowest BCUT2D eigenvalue weighted by Crippen LogP contribution is -2.36. The average Bonchev–Trinajstić information content (AvgIpc) is 3.17. The van der Waals surface area contributed by atoms with Crippen LogP contribution in [-0.2, 0) is 11.2 Å². The number of likely N-dealkylation sites (tertiary alicyclic amines) is 1. The predicted molar refractivity (Wildman–Crippen MR) is 104 cm³/mol. The largest absolute Gasteiger partial charge is 0.493 e. The highest BCUT2D eigenvalue weighted by molar-refractivity contribution is 5.46. The maximum absolute atomic E-state index is 10.6. The summed E-state index contributed by atoms with van der Waals surface area (Å²) in [5, 5.41) is 2.95. The highest BCUT2D eigenvalue weighted by Crippen LogP contribution is 2.37. The first kappa shape index (κ1) is 17.8. The number of nitrogens with zero attached hydrogens (tertiary/aromatic N) is 1. The maximum Gasteiger partial charge on any atom is 0.207 e. The van der Waals surface area contributed by atoms with Crippen LogP contribution in [0.3, 0.4) is 0 Å². The minimum atomic E-state index is 0.427. The lowest BCUT2D eigenvalue weighted by molar-refractivity contribution is -0.110. The van der Waals surface area contributed by atoms with E-state index in [1.807, 2.05) is 0 Å². The van der Waals surface area contributed by atoms with Crippen LogP contribution in [0.2, 0.25) is 0 Å². The van der Waals surface area contributed by atoms with E-state index in [2.05, 4.69) is 28.4 Å². The van der Waals surface area contributed by atoms with Gasteiger partial charge in [-0.15, -0.1) is 0 Å². The number of carbonyl (C=O) groups excluding carboxylic acids is 1. The Morgan fingerprint density at radius 1 is 1.12 bits per heavy atom. The molecule has 4 nitrogen and oxygen atoms in total. The van der Waals surface area contributed by atoms with Crippen LogP contribution in [0.5, 0.6) is 5.75 Å². The van der Waals surface area contributed by atoms with Crippen molar-refractivity contribution in [3.63, 3.8) is 0 Å². The molecule has 1 saturated heterocycles. The SMILES string of the molecule is O=CN[C@H]1CC[C@H](CCN2CCC(c3cccc4c3CCO4)CC2)CC1. The van der Waals surface area contributed by atoms with Gasteiger partial charge in [-0.2, -0.15) is 0 Å². The van der Waals surface area contributed by atoms with Gasteiger partial charge in [0.1, 0.15) is 5.75 Å². The van der Waals surface area contributed by atoms with Crippen molar-refractivity contribution in [2.24, 2.45) is 5.92 Å². The van der Waals surface area contributed by atoms with E-state index in [1.165, 1.54) is 57.3 Å². The Morgan fingerprint density at radius 3 is 2.69 bits per heavy atom. The molecule has 3 aliphatic rings. The van der Waals surface area contributed by atoms with Crippen molar-refractivity contribution in [2.45, 2.75) is 63.3 Å².